The molecule has 4 atom stereocenters. The van der Waals surface area contributed by atoms with Crippen LogP contribution in [-0.2, 0) is 4.79 Å². The minimum absolute atomic E-state index is 0.162. The van der Waals surface area contributed by atoms with Crippen LogP contribution in [0.15, 0.2) is 67.0 Å². The molecule has 2 aliphatic rings. The molecule has 2 fully saturated rings. The Bertz CT molecular complexity index is 1420. The first-order valence-electron chi connectivity index (χ1n) is 14.0. The second-order valence-corrected chi connectivity index (χ2v) is 10.6. The van der Waals surface area contributed by atoms with Gasteiger partial charge in [-0.2, -0.15) is 9.97 Å². The van der Waals surface area contributed by atoms with Gasteiger partial charge in [0.1, 0.15) is 12.2 Å². The molecule has 0 bridgehead atoms. The Balaban J connectivity index is 1.42. The first-order valence-corrected chi connectivity index (χ1v) is 14.0. The van der Waals surface area contributed by atoms with Crippen LogP contribution in [0.25, 0.3) is 11.2 Å². The van der Waals surface area contributed by atoms with E-state index in [-0.39, 0.29) is 11.9 Å². The number of hydrogen-bond donors (Lipinski definition) is 4. The van der Waals surface area contributed by atoms with E-state index in [0.29, 0.717) is 35.8 Å². The van der Waals surface area contributed by atoms with Crippen LogP contribution in [0.2, 0.25) is 0 Å². The van der Waals surface area contributed by atoms with Gasteiger partial charge in [0.15, 0.2) is 17.0 Å². The van der Waals surface area contributed by atoms with Crippen molar-refractivity contribution >= 4 is 28.8 Å². The van der Waals surface area contributed by atoms with Crippen LogP contribution in [-0.4, -0.2) is 67.0 Å². The van der Waals surface area contributed by atoms with E-state index in [2.05, 4.69) is 39.8 Å². The molecular weight excluding hydrogens is 506 g/mol. The van der Waals surface area contributed by atoms with Crippen LogP contribution in [0.3, 0.4) is 0 Å². The summed E-state index contributed by atoms with van der Waals surface area (Å²) in [5, 5.41) is 28.3. The highest BCUT2D eigenvalue weighted by Crippen LogP contribution is 2.36. The van der Waals surface area contributed by atoms with Gasteiger partial charge in [0.2, 0.25) is 11.9 Å². The van der Waals surface area contributed by atoms with Gasteiger partial charge in [0.05, 0.1) is 24.5 Å². The maximum atomic E-state index is 12.0. The minimum Gasteiger partial charge on any atom is -0.388 e. The highest BCUT2D eigenvalue weighted by molar-refractivity contribution is 5.85. The molecule has 208 valence electrons. The number of fused-ring (bicyclic) bond motifs is 1. The van der Waals surface area contributed by atoms with Crippen molar-refractivity contribution in [2.75, 3.05) is 23.3 Å². The van der Waals surface area contributed by atoms with Crippen molar-refractivity contribution in [3.05, 3.63) is 78.1 Å². The fraction of sp³-hybridized carbons (Fsp3) is 0.400. The number of carbonyl (C=O) groups excluding carboxylic acids is 1. The number of rotatable bonds is 8. The topological polar surface area (TPSA) is 128 Å². The molecular formula is C30H35N7O3. The summed E-state index contributed by atoms with van der Waals surface area (Å²) >= 11 is 0. The number of amides is 1. The standard InChI is InChI=1S/C30H35N7O3/c1-2-23(38)32-21-17-22(27(40)26(21)39)37-18-31-25-28(34-30(35-29(25)37)36-15-9-10-16-36)33-24(19-11-5-3-6-12-19)20-13-7-4-8-14-20/h3-8,11-14,18,21-22,24,26-27,39-40H,2,9-10,15-17H2,1H3,(H,32,38)(H,33,34,35)/t21-,22+,26+,27-/m0/s1. The van der Waals surface area contributed by atoms with Gasteiger partial charge in [0, 0.05) is 19.5 Å². The normalized spacial score (nSPS) is 22.8. The second kappa shape index (κ2) is 11.2. The molecule has 4 N–H and O–H groups in total. The number of aliphatic hydroxyl groups is 2. The van der Waals surface area contributed by atoms with E-state index in [1.165, 1.54) is 0 Å². The Hall–Kier alpha value is -4.02. The van der Waals surface area contributed by atoms with Crippen LogP contribution in [0, 0.1) is 0 Å². The SMILES string of the molecule is CCC(=O)N[C@H]1C[C@@H](n2cnc3c(NC(c4ccccc4)c4ccccc4)nc(N4CCCC4)nc32)[C@H](O)[C@@H]1O. The maximum Gasteiger partial charge on any atom is 0.229 e. The Kier molecular flexibility index (Phi) is 7.36. The summed E-state index contributed by atoms with van der Waals surface area (Å²) in [6, 6.07) is 19.2. The molecule has 1 amide bonds. The van der Waals surface area contributed by atoms with E-state index in [1.54, 1.807) is 13.3 Å². The van der Waals surface area contributed by atoms with E-state index < -0.39 is 24.3 Å². The lowest BCUT2D eigenvalue weighted by atomic mass is 9.99. The number of imidazole rings is 1. The third-order valence-corrected chi connectivity index (χ3v) is 8.02. The highest BCUT2D eigenvalue weighted by Gasteiger charge is 2.44. The van der Waals surface area contributed by atoms with Gasteiger partial charge in [-0.3, -0.25) is 4.79 Å². The monoisotopic (exact) mass is 541 g/mol. The summed E-state index contributed by atoms with van der Waals surface area (Å²) in [6.07, 6.45) is 2.31. The molecule has 1 saturated heterocycles. The largest absolute Gasteiger partial charge is 0.388 e. The van der Waals surface area contributed by atoms with Crippen LogP contribution in [0.5, 0.6) is 0 Å². The van der Waals surface area contributed by atoms with Gasteiger partial charge < -0.3 is 30.3 Å². The van der Waals surface area contributed by atoms with Crippen molar-refractivity contribution in [2.24, 2.45) is 0 Å². The molecule has 0 spiro atoms. The number of aromatic nitrogens is 4. The molecule has 1 aliphatic heterocycles. The van der Waals surface area contributed by atoms with Gasteiger partial charge in [0.25, 0.3) is 0 Å². The summed E-state index contributed by atoms with van der Waals surface area (Å²) in [5.41, 5.74) is 3.35. The Morgan fingerprint density at radius 1 is 0.975 bits per heavy atom. The molecule has 3 heterocycles. The molecule has 6 rings (SSSR count). The molecule has 0 unspecified atom stereocenters. The number of hydrogen-bond acceptors (Lipinski definition) is 8. The maximum absolute atomic E-state index is 12.0. The predicted octanol–water partition coefficient (Wildman–Crippen LogP) is 3.19. The van der Waals surface area contributed by atoms with Crippen LogP contribution in [0.1, 0.15) is 55.8 Å². The molecule has 40 heavy (non-hydrogen) atoms. The summed E-state index contributed by atoms with van der Waals surface area (Å²) in [4.78, 5) is 28.8. The van der Waals surface area contributed by atoms with Gasteiger partial charge in [-0.1, -0.05) is 67.6 Å². The summed E-state index contributed by atoms with van der Waals surface area (Å²) < 4.78 is 1.83. The molecule has 4 aromatic rings. The molecule has 2 aromatic carbocycles. The fourth-order valence-corrected chi connectivity index (χ4v) is 5.83. The lowest BCUT2D eigenvalue weighted by Crippen LogP contribution is -2.42. The van der Waals surface area contributed by atoms with Gasteiger partial charge >= 0.3 is 0 Å². The summed E-state index contributed by atoms with van der Waals surface area (Å²) in [5.74, 6) is 1.05. The Morgan fingerprint density at radius 3 is 2.25 bits per heavy atom. The van der Waals surface area contributed by atoms with Gasteiger partial charge in [-0.15, -0.1) is 0 Å². The third kappa shape index (κ3) is 5.00. The number of anilines is 2. The predicted molar refractivity (Wildman–Crippen MR) is 153 cm³/mol. The molecule has 1 saturated carbocycles. The van der Waals surface area contributed by atoms with Gasteiger partial charge in [-0.25, -0.2) is 4.98 Å². The fourth-order valence-electron chi connectivity index (χ4n) is 5.83. The number of carbonyl (C=O) groups is 1. The van der Waals surface area contributed by atoms with E-state index in [4.69, 9.17) is 15.0 Å². The number of benzene rings is 2. The van der Waals surface area contributed by atoms with Crippen molar-refractivity contribution in [1.29, 1.82) is 0 Å². The second-order valence-electron chi connectivity index (χ2n) is 10.6. The highest BCUT2D eigenvalue weighted by atomic mass is 16.3. The van der Waals surface area contributed by atoms with E-state index in [1.807, 2.05) is 41.0 Å². The lowest BCUT2D eigenvalue weighted by molar-refractivity contribution is -0.122. The molecule has 2 aromatic heterocycles. The number of nitrogens with one attached hydrogen (secondary N) is 2. The van der Waals surface area contributed by atoms with Crippen LogP contribution >= 0.6 is 0 Å². The van der Waals surface area contributed by atoms with Crippen molar-refractivity contribution in [3.63, 3.8) is 0 Å². The third-order valence-electron chi connectivity index (χ3n) is 8.02. The molecule has 1 aliphatic carbocycles. The number of aliphatic hydroxyl groups excluding tert-OH is 2. The van der Waals surface area contributed by atoms with Gasteiger partial charge in [-0.05, 0) is 30.4 Å². The van der Waals surface area contributed by atoms with Crippen LogP contribution < -0.4 is 15.5 Å². The Labute approximate surface area is 233 Å². The number of nitrogens with zero attached hydrogens (tertiary/aromatic N) is 5. The van der Waals surface area contributed by atoms with Crippen LogP contribution in [0.4, 0.5) is 11.8 Å². The Morgan fingerprint density at radius 2 is 1.62 bits per heavy atom. The van der Waals surface area contributed by atoms with E-state index in [9.17, 15) is 15.0 Å². The van der Waals surface area contributed by atoms with Crippen molar-refractivity contribution in [1.82, 2.24) is 24.8 Å². The first kappa shape index (κ1) is 26.2. The summed E-state index contributed by atoms with van der Waals surface area (Å²) in [6.45, 7) is 3.50. The molecule has 0 radical (unpaired) electrons. The molecule has 10 heteroatoms. The van der Waals surface area contributed by atoms with Crippen molar-refractivity contribution < 1.29 is 15.0 Å². The lowest BCUT2D eigenvalue weighted by Gasteiger charge is -2.23. The first-order chi connectivity index (χ1) is 19.5. The van der Waals surface area contributed by atoms with Crippen molar-refractivity contribution in [2.45, 2.75) is 62.9 Å². The zero-order chi connectivity index (χ0) is 27.6. The zero-order valence-electron chi connectivity index (χ0n) is 22.5. The summed E-state index contributed by atoms with van der Waals surface area (Å²) in [7, 11) is 0. The smallest absolute Gasteiger partial charge is 0.229 e. The zero-order valence-corrected chi connectivity index (χ0v) is 22.5. The molecule has 10 nitrogen and oxygen atoms in total. The average molecular weight is 542 g/mol. The average Bonchev–Trinajstić information content (AvgIpc) is 3.74. The van der Waals surface area contributed by atoms with Crippen molar-refractivity contribution in [3.8, 4) is 0 Å². The quantitative estimate of drug-likeness (QED) is 0.268. The van der Waals surface area contributed by atoms with E-state index >= 15 is 0 Å². The minimum atomic E-state index is -1.09. The van der Waals surface area contributed by atoms with E-state index in [0.717, 1.165) is 37.1 Å².